The monoisotopic (exact) mass is 555 g/mol. The summed E-state index contributed by atoms with van der Waals surface area (Å²) in [5, 5.41) is 15.9. The van der Waals surface area contributed by atoms with Crippen molar-refractivity contribution in [2.24, 2.45) is 0 Å². The van der Waals surface area contributed by atoms with Crippen LogP contribution in [0.3, 0.4) is 0 Å². The van der Waals surface area contributed by atoms with Gasteiger partial charge in [0, 0.05) is 24.3 Å². The highest BCUT2D eigenvalue weighted by atomic mass is 32.2. The van der Waals surface area contributed by atoms with Crippen LogP contribution in [0.25, 0.3) is 10.8 Å². The van der Waals surface area contributed by atoms with E-state index >= 15 is 0 Å². The molecule has 4 rings (SSSR count). The van der Waals surface area contributed by atoms with Crippen LogP contribution in [0, 0.1) is 0 Å². The fourth-order valence-electron chi connectivity index (χ4n) is 5.17. The fraction of sp³-hybridized carbons (Fsp3) is 0.429. The summed E-state index contributed by atoms with van der Waals surface area (Å²) < 4.78 is 23.1. The van der Waals surface area contributed by atoms with Gasteiger partial charge in [-0.15, -0.1) is 0 Å². The van der Waals surface area contributed by atoms with Gasteiger partial charge in [0.05, 0.1) is 12.6 Å². The Morgan fingerprint density at radius 1 is 1.05 bits per heavy atom. The standard InChI is InChI=1S/C28H33N3O7S/c1-39(37,38)25(33)16-21(17-32)29-27(35)24-12-6-10-22-9-4-5-11-23(28(36)31(22)24)30-26(34)20-14-13-18-7-2-3-8-19(18)15-20/h2-5,7-8,13-15,21-24,32H,6,9-12,16-17H2,1H3,(H,29,35)(H,30,34)/b5-4-/t21-,22-,23-,24-/m0/s1. The van der Waals surface area contributed by atoms with E-state index in [0.29, 0.717) is 31.2 Å². The van der Waals surface area contributed by atoms with Crippen LogP contribution in [0.4, 0.5) is 0 Å². The smallest absolute Gasteiger partial charge is 0.251 e. The summed E-state index contributed by atoms with van der Waals surface area (Å²) in [6.07, 6.45) is 6.55. The Morgan fingerprint density at radius 2 is 1.77 bits per heavy atom. The zero-order valence-corrected chi connectivity index (χ0v) is 22.5. The van der Waals surface area contributed by atoms with Crippen LogP contribution < -0.4 is 10.6 Å². The first-order valence-electron chi connectivity index (χ1n) is 13.0. The molecule has 0 unspecified atom stereocenters. The fourth-order valence-corrected chi connectivity index (χ4v) is 5.68. The van der Waals surface area contributed by atoms with Crippen molar-refractivity contribution in [3.63, 3.8) is 0 Å². The van der Waals surface area contributed by atoms with Gasteiger partial charge < -0.3 is 20.6 Å². The molecular formula is C28H33N3O7S. The molecule has 1 fully saturated rings. The third kappa shape index (κ3) is 6.72. The molecule has 0 aliphatic carbocycles. The molecule has 0 bridgehead atoms. The maximum atomic E-state index is 13.8. The maximum absolute atomic E-state index is 13.8. The summed E-state index contributed by atoms with van der Waals surface area (Å²) >= 11 is 0. The SMILES string of the molecule is CS(=O)(=O)C(=O)C[C@@H](CO)NC(=O)[C@@H]1CCC[C@@H]2C/C=C\C[C@H](NC(=O)c3ccc4ccccc4c3)C(=O)N21. The number of aliphatic hydroxyl groups excluding tert-OH is 1. The van der Waals surface area contributed by atoms with Gasteiger partial charge in [0.1, 0.15) is 12.1 Å². The average molecular weight is 556 g/mol. The molecule has 2 aliphatic heterocycles. The second-order valence-electron chi connectivity index (χ2n) is 10.1. The first kappa shape index (κ1) is 28.4. The van der Waals surface area contributed by atoms with Crippen LogP contribution in [-0.4, -0.2) is 78.3 Å². The number of amides is 3. The van der Waals surface area contributed by atoms with E-state index in [1.807, 2.05) is 42.5 Å². The van der Waals surface area contributed by atoms with Gasteiger partial charge in [-0.1, -0.05) is 42.5 Å². The molecule has 10 nitrogen and oxygen atoms in total. The van der Waals surface area contributed by atoms with Crippen molar-refractivity contribution in [3.8, 4) is 0 Å². The Morgan fingerprint density at radius 3 is 2.49 bits per heavy atom. The van der Waals surface area contributed by atoms with Crippen LogP contribution in [0.2, 0.25) is 0 Å². The lowest BCUT2D eigenvalue weighted by molar-refractivity contribution is -0.147. The molecule has 208 valence electrons. The summed E-state index contributed by atoms with van der Waals surface area (Å²) in [5.41, 5.74) is 0.415. The molecule has 39 heavy (non-hydrogen) atoms. The van der Waals surface area contributed by atoms with Crippen LogP contribution >= 0.6 is 0 Å². The number of fused-ring (bicyclic) bond motifs is 2. The minimum atomic E-state index is -3.97. The molecule has 0 radical (unpaired) electrons. The van der Waals surface area contributed by atoms with Gasteiger partial charge in [0.25, 0.3) is 5.91 Å². The predicted octanol–water partition coefficient (Wildman–Crippen LogP) is 1.48. The number of piperidine rings is 1. The second-order valence-corrected chi connectivity index (χ2v) is 12.1. The van der Waals surface area contributed by atoms with Gasteiger partial charge in [-0.25, -0.2) is 8.42 Å². The molecule has 3 N–H and O–H groups in total. The highest BCUT2D eigenvalue weighted by molar-refractivity contribution is 8.05. The van der Waals surface area contributed by atoms with Crippen molar-refractivity contribution < 1.29 is 32.7 Å². The third-order valence-electron chi connectivity index (χ3n) is 7.26. The summed E-state index contributed by atoms with van der Waals surface area (Å²) in [6.45, 7) is -0.635. The number of rotatable bonds is 7. The molecular weight excluding hydrogens is 522 g/mol. The molecule has 0 spiro atoms. The molecule has 0 aromatic heterocycles. The lowest BCUT2D eigenvalue weighted by Gasteiger charge is -2.43. The third-order valence-corrected chi connectivity index (χ3v) is 8.25. The molecule has 4 atom stereocenters. The van der Waals surface area contributed by atoms with Crippen LogP contribution in [0.1, 0.15) is 48.9 Å². The van der Waals surface area contributed by atoms with Gasteiger partial charge in [0.2, 0.25) is 26.8 Å². The molecule has 11 heteroatoms. The first-order valence-corrected chi connectivity index (χ1v) is 14.9. The first-order chi connectivity index (χ1) is 18.6. The number of carbonyl (C=O) groups is 4. The van der Waals surface area contributed by atoms with E-state index in [2.05, 4.69) is 10.6 Å². The zero-order chi connectivity index (χ0) is 28.2. The Bertz CT molecular complexity index is 1400. The molecule has 3 amide bonds. The number of benzene rings is 2. The highest BCUT2D eigenvalue weighted by Crippen LogP contribution is 2.29. The minimum absolute atomic E-state index is 0.260. The summed E-state index contributed by atoms with van der Waals surface area (Å²) in [7, 11) is -3.97. The minimum Gasteiger partial charge on any atom is -0.394 e. The van der Waals surface area contributed by atoms with E-state index < -0.39 is 57.9 Å². The van der Waals surface area contributed by atoms with Crippen LogP contribution in [-0.2, 0) is 24.2 Å². The Kier molecular flexibility index (Phi) is 8.81. The lowest BCUT2D eigenvalue weighted by atomic mass is 9.90. The lowest BCUT2D eigenvalue weighted by Crippen LogP contribution is -2.62. The molecule has 1 saturated heterocycles. The van der Waals surface area contributed by atoms with Crippen molar-refractivity contribution in [1.29, 1.82) is 0 Å². The number of aliphatic hydroxyl groups is 1. The van der Waals surface area contributed by atoms with Gasteiger partial charge >= 0.3 is 0 Å². The van der Waals surface area contributed by atoms with E-state index in [9.17, 15) is 32.7 Å². The second kappa shape index (κ2) is 12.1. The van der Waals surface area contributed by atoms with Crippen LogP contribution in [0.15, 0.2) is 54.6 Å². The Hall–Kier alpha value is -3.57. The number of nitrogens with one attached hydrogen (secondary N) is 2. The summed E-state index contributed by atoms with van der Waals surface area (Å²) in [6, 6.07) is 9.81. The summed E-state index contributed by atoms with van der Waals surface area (Å²) in [4.78, 5) is 53.7. The largest absolute Gasteiger partial charge is 0.394 e. The van der Waals surface area contributed by atoms with Crippen molar-refractivity contribution in [2.75, 3.05) is 12.9 Å². The van der Waals surface area contributed by atoms with Gasteiger partial charge in [-0.2, -0.15) is 0 Å². The van der Waals surface area contributed by atoms with E-state index in [1.165, 1.54) is 4.90 Å². The van der Waals surface area contributed by atoms with E-state index in [1.54, 1.807) is 12.1 Å². The average Bonchev–Trinajstić information content (AvgIpc) is 2.91. The number of hydrogen-bond acceptors (Lipinski definition) is 7. The topological polar surface area (TPSA) is 150 Å². The molecule has 2 aliphatic rings. The van der Waals surface area contributed by atoms with Crippen molar-refractivity contribution in [2.45, 2.75) is 62.7 Å². The highest BCUT2D eigenvalue weighted by Gasteiger charge is 2.41. The molecule has 0 saturated carbocycles. The Balaban J connectivity index is 1.52. The quantitative estimate of drug-likeness (QED) is 0.438. The molecule has 2 heterocycles. The predicted molar refractivity (Wildman–Crippen MR) is 145 cm³/mol. The van der Waals surface area contributed by atoms with Crippen molar-refractivity contribution in [3.05, 3.63) is 60.2 Å². The molecule has 2 aromatic rings. The number of sulfone groups is 1. The van der Waals surface area contributed by atoms with Gasteiger partial charge in [-0.05, 0) is 55.0 Å². The molecule has 2 aromatic carbocycles. The number of hydrogen-bond donors (Lipinski definition) is 3. The normalized spacial score (nSPS) is 23.2. The van der Waals surface area contributed by atoms with E-state index in [-0.39, 0.29) is 18.4 Å². The zero-order valence-electron chi connectivity index (χ0n) is 21.7. The Labute approximate surface area is 227 Å². The number of carbonyl (C=O) groups excluding carboxylic acids is 4. The van der Waals surface area contributed by atoms with E-state index in [4.69, 9.17) is 0 Å². The number of nitrogens with zero attached hydrogens (tertiary/aromatic N) is 1. The van der Waals surface area contributed by atoms with E-state index in [0.717, 1.165) is 17.0 Å². The van der Waals surface area contributed by atoms with Crippen molar-refractivity contribution >= 4 is 43.4 Å². The van der Waals surface area contributed by atoms with Crippen LogP contribution in [0.5, 0.6) is 0 Å². The van der Waals surface area contributed by atoms with Crippen molar-refractivity contribution in [1.82, 2.24) is 15.5 Å². The van der Waals surface area contributed by atoms with Gasteiger partial charge in [-0.3, -0.25) is 19.2 Å². The summed E-state index contributed by atoms with van der Waals surface area (Å²) in [5.74, 6) is -1.36. The van der Waals surface area contributed by atoms with Gasteiger partial charge in [0.15, 0.2) is 0 Å². The maximum Gasteiger partial charge on any atom is 0.251 e.